The third-order valence-corrected chi connectivity index (χ3v) is 2.43. The molecule has 6 nitrogen and oxygen atoms in total. The number of rotatable bonds is 5. The topological polar surface area (TPSA) is 84.8 Å². The number of aryl methyl sites for hydroxylation is 1. The van der Waals surface area contributed by atoms with Crippen LogP contribution < -0.4 is 16.6 Å². The molecule has 1 aromatic rings. The monoisotopic (exact) mass is 254 g/mol. The summed E-state index contributed by atoms with van der Waals surface area (Å²) < 4.78 is 10.6. The normalized spacial score (nSPS) is 15.3. The van der Waals surface area contributed by atoms with Crippen LogP contribution in [-0.4, -0.2) is 25.7 Å². The van der Waals surface area contributed by atoms with Crippen molar-refractivity contribution < 1.29 is 9.15 Å². The average Bonchev–Trinajstić information content (AvgIpc) is 2.75. The van der Waals surface area contributed by atoms with Crippen LogP contribution in [0.3, 0.4) is 0 Å². The van der Waals surface area contributed by atoms with Crippen LogP contribution in [0.5, 0.6) is 0 Å². The number of nitrogens with one attached hydrogen (secondary N) is 2. The number of nitrogens with two attached hydrogens (primary N) is 1. The van der Waals surface area contributed by atoms with Crippen LogP contribution in [0.2, 0.25) is 0 Å². The average molecular weight is 254 g/mol. The van der Waals surface area contributed by atoms with Gasteiger partial charge in [-0.3, -0.25) is 5.43 Å². The quantitative estimate of drug-likeness (QED) is 0.317. The highest BCUT2D eigenvalue weighted by atomic mass is 16.5. The molecule has 1 heterocycles. The maximum absolute atomic E-state index is 5.51. The largest absolute Gasteiger partial charge is 0.464 e. The van der Waals surface area contributed by atoms with E-state index in [9.17, 15) is 0 Å². The fourth-order valence-electron chi connectivity index (χ4n) is 1.58. The zero-order valence-corrected chi connectivity index (χ0v) is 11.4. The predicted molar refractivity (Wildman–Crippen MR) is 71.1 cm³/mol. The highest BCUT2D eigenvalue weighted by Gasteiger charge is 2.10. The van der Waals surface area contributed by atoms with Crippen LogP contribution in [0.1, 0.15) is 31.4 Å². The van der Waals surface area contributed by atoms with Crippen molar-refractivity contribution in [3.63, 3.8) is 0 Å². The molecule has 0 aromatic carbocycles. The van der Waals surface area contributed by atoms with Crippen LogP contribution in [-0.2, 0) is 4.74 Å². The van der Waals surface area contributed by atoms with E-state index in [0.717, 1.165) is 11.5 Å². The molecule has 0 aliphatic heterocycles. The second-order valence-electron chi connectivity index (χ2n) is 4.25. The third-order valence-electron chi connectivity index (χ3n) is 2.43. The SMILES string of the molecule is COCC(C)NC(=NC(C)c1ccc(C)o1)NN. The first-order chi connectivity index (χ1) is 8.56. The van der Waals surface area contributed by atoms with Crippen molar-refractivity contribution in [2.75, 3.05) is 13.7 Å². The van der Waals surface area contributed by atoms with Crippen LogP contribution in [0, 0.1) is 6.92 Å². The summed E-state index contributed by atoms with van der Waals surface area (Å²) in [6, 6.07) is 3.84. The molecule has 1 rings (SSSR count). The molecule has 0 radical (unpaired) electrons. The van der Waals surface area contributed by atoms with Gasteiger partial charge in [0.1, 0.15) is 17.6 Å². The maximum Gasteiger partial charge on any atom is 0.206 e. The number of hydrogen-bond donors (Lipinski definition) is 3. The van der Waals surface area contributed by atoms with E-state index < -0.39 is 0 Å². The minimum absolute atomic E-state index is 0.105. The first kappa shape index (κ1) is 14.5. The van der Waals surface area contributed by atoms with E-state index in [2.05, 4.69) is 15.7 Å². The molecule has 0 saturated carbocycles. The first-order valence-corrected chi connectivity index (χ1v) is 5.93. The molecule has 4 N–H and O–H groups in total. The molecule has 0 spiro atoms. The van der Waals surface area contributed by atoms with Gasteiger partial charge in [-0.15, -0.1) is 0 Å². The van der Waals surface area contributed by atoms with Gasteiger partial charge in [-0.2, -0.15) is 0 Å². The summed E-state index contributed by atoms with van der Waals surface area (Å²) in [7, 11) is 1.65. The number of hydrogen-bond acceptors (Lipinski definition) is 4. The molecular weight excluding hydrogens is 232 g/mol. The summed E-state index contributed by atoms with van der Waals surface area (Å²) >= 11 is 0. The second-order valence-corrected chi connectivity index (χ2v) is 4.25. The van der Waals surface area contributed by atoms with Crippen molar-refractivity contribution in [1.29, 1.82) is 0 Å². The number of methoxy groups -OCH3 is 1. The lowest BCUT2D eigenvalue weighted by molar-refractivity contribution is 0.179. The highest BCUT2D eigenvalue weighted by Crippen LogP contribution is 2.18. The lowest BCUT2D eigenvalue weighted by Crippen LogP contribution is -2.47. The van der Waals surface area contributed by atoms with Gasteiger partial charge in [-0.25, -0.2) is 10.8 Å². The van der Waals surface area contributed by atoms with Gasteiger partial charge in [0, 0.05) is 13.2 Å². The summed E-state index contributed by atoms with van der Waals surface area (Å²) in [6.07, 6.45) is 0. The molecule has 2 unspecified atom stereocenters. The molecule has 0 amide bonds. The zero-order chi connectivity index (χ0) is 13.5. The van der Waals surface area contributed by atoms with Crippen molar-refractivity contribution in [3.05, 3.63) is 23.7 Å². The van der Waals surface area contributed by atoms with Crippen molar-refractivity contribution >= 4 is 5.96 Å². The fraction of sp³-hybridized carbons (Fsp3) is 0.583. The molecule has 1 aromatic heterocycles. The van der Waals surface area contributed by atoms with Crippen LogP contribution in [0.15, 0.2) is 21.5 Å². The number of furan rings is 1. The Morgan fingerprint density at radius 2 is 2.22 bits per heavy atom. The van der Waals surface area contributed by atoms with Crippen LogP contribution in [0.25, 0.3) is 0 Å². The molecule has 2 atom stereocenters. The Balaban J connectivity index is 2.66. The molecule has 18 heavy (non-hydrogen) atoms. The molecule has 0 aliphatic carbocycles. The van der Waals surface area contributed by atoms with E-state index in [-0.39, 0.29) is 12.1 Å². The third kappa shape index (κ3) is 4.38. The maximum atomic E-state index is 5.51. The second kappa shape index (κ2) is 7.03. The Labute approximate surface area is 108 Å². The van der Waals surface area contributed by atoms with Gasteiger partial charge in [0.15, 0.2) is 0 Å². The molecule has 102 valence electrons. The summed E-state index contributed by atoms with van der Waals surface area (Å²) in [5.74, 6) is 7.63. The summed E-state index contributed by atoms with van der Waals surface area (Å²) in [6.45, 7) is 6.41. The Morgan fingerprint density at radius 3 is 2.72 bits per heavy atom. The van der Waals surface area contributed by atoms with Gasteiger partial charge in [0.25, 0.3) is 0 Å². The van der Waals surface area contributed by atoms with Crippen molar-refractivity contribution in [1.82, 2.24) is 10.7 Å². The van der Waals surface area contributed by atoms with Gasteiger partial charge in [-0.05, 0) is 32.9 Å². The number of guanidine groups is 1. The van der Waals surface area contributed by atoms with Crippen LogP contribution in [0.4, 0.5) is 0 Å². The zero-order valence-electron chi connectivity index (χ0n) is 11.4. The van der Waals surface area contributed by atoms with E-state index in [1.807, 2.05) is 32.9 Å². The van der Waals surface area contributed by atoms with Crippen molar-refractivity contribution in [2.24, 2.45) is 10.8 Å². The smallest absolute Gasteiger partial charge is 0.206 e. The Morgan fingerprint density at radius 1 is 1.50 bits per heavy atom. The lowest BCUT2D eigenvalue weighted by Gasteiger charge is -2.16. The van der Waals surface area contributed by atoms with E-state index in [1.54, 1.807) is 7.11 Å². The van der Waals surface area contributed by atoms with E-state index >= 15 is 0 Å². The van der Waals surface area contributed by atoms with Gasteiger partial charge < -0.3 is 14.5 Å². The minimum atomic E-state index is -0.105. The van der Waals surface area contributed by atoms with Gasteiger partial charge in [0.2, 0.25) is 5.96 Å². The molecule has 0 bridgehead atoms. The number of nitrogens with zero attached hydrogens (tertiary/aromatic N) is 1. The fourth-order valence-corrected chi connectivity index (χ4v) is 1.58. The predicted octanol–water partition coefficient (Wildman–Crippen LogP) is 1.09. The van der Waals surface area contributed by atoms with E-state index in [0.29, 0.717) is 12.6 Å². The number of hydrazine groups is 1. The van der Waals surface area contributed by atoms with E-state index in [1.165, 1.54) is 0 Å². The summed E-state index contributed by atoms with van der Waals surface area (Å²) in [5.41, 5.74) is 2.54. The lowest BCUT2D eigenvalue weighted by atomic mass is 10.3. The molecule has 0 aliphatic rings. The standard InChI is InChI=1S/C12H22N4O2/c1-8(7-17-4)14-12(16-13)15-10(3)11-6-5-9(2)18-11/h5-6,8,10H,7,13H2,1-4H3,(H2,14,15,16). The molecule has 6 heteroatoms. The van der Waals surface area contributed by atoms with Gasteiger partial charge in [0.05, 0.1) is 6.61 Å². The number of ether oxygens (including phenoxy) is 1. The van der Waals surface area contributed by atoms with Crippen molar-refractivity contribution in [2.45, 2.75) is 32.9 Å². The Bertz CT molecular complexity index is 389. The highest BCUT2D eigenvalue weighted by molar-refractivity contribution is 5.79. The van der Waals surface area contributed by atoms with Crippen LogP contribution >= 0.6 is 0 Å². The van der Waals surface area contributed by atoms with E-state index in [4.69, 9.17) is 15.0 Å². The summed E-state index contributed by atoms with van der Waals surface area (Å²) in [4.78, 5) is 4.42. The first-order valence-electron chi connectivity index (χ1n) is 5.93. The Hall–Kier alpha value is -1.53. The molecule has 0 fully saturated rings. The Kier molecular flexibility index (Phi) is 5.67. The molecular formula is C12H22N4O2. The summed E-state index contributed by atoms with van der Waals surface area (Å²) in [5, 5.41) is 3.12. The molecule has 0 saturated heterocycles. The minimum Gasteiger partial charge on any atom is -0.464 e. The van der Waals surface area contributed by atoms with Gasteiger partial charge in [-0.1, -0.05) is 0 Å². The van der Waals surface area contributed by atoms with Gasteiger partial charge >= 0.3 is 0 Å². The van der Waals surface area contributed by atoms with Crippen molar-refractivity contribution in [3.8, 4) is 0 Å². The number of aliphatic imine (C=N–C) groups is 1.